The van der Waals surface area contributed by atoms with Crippen LogP contribution in [0.4, 0.5) is 0 Å². The number of nitrogens with one attached hydrogen (secondary N) is 1. The molecule has 108 valence electrons. The summed E-state index contributed by atoms with van der Waals surface area (Å²) in [6, 6.07) is 18.9. The average Bonchev–Trinajstić information content (AvgIpc) is 2.54. The maximum Gasteiger partial charge on any atom is 0.269 e. The van der Waals surface area contributed by atoms with Crippen molar-refractivity contribution in [2.75, 3.05) is 0 Å². The van der Waals surface area contributed by atoms with Crippen LogP contribution in [-0.2, 0) is 11.2 Å². The number of oxime groups is 1. The molecule has 2 aromatic carbocycles. The van der Waals surface area contributed by atoms with E-state index >= 15 is 0 Å². The number of rotatable bonds is 5. The second kappa shape index (κ2) is 7.24. The summed E-state index contributed by atoms with van der Waals surface area (Å²) in [6.07, 6.45) is 0.296. The molecule has 1 amide bonds. The van der Waals surface area contributed by atoms with Crippen LogP contribution in [0.3, 0.4) is 0 Å². The van der Waals surface area contributed by atoms with Crippen molar-refractivity contribution in [3.05, 3.63) is 71.8 Å². The monoisotopic (exact) mass is 282 g/mol. The first-order valence-electron chi connectivity index (χ1n) is 6.81. The fraction of sp³-hybridized carbons (Fsp3) is 0.176. The lowest BCUT2D eigenvalue weighted by Gasteiger charge is -2.14. The Morgan fingerprint density at radius 1 is 1.10 bits per heavy atom. The summed E-state index contributed by atoms with van der Waals surface area (Å²) in [4.78, 5) is 12.2. The lowest BCUT2D eigenvalue weighted by Crippen LogP contribution is -2.34. The highest BCUT2D eigenvalue weighted by Crippen LogP contribution is 2.11. The van der Waals surface area contributed by atoms with E-state index in [0.29, 0.717) is 6.42 Å². The first kappa shape index (κ1) is 14.8. The van der Waals surface area contributed by atoms with Crippen molar-refractivity contribution in [2.45, 2.75) is 19.4 Å². The number of amides is 1. The van der Waals surface area contributed by atoms with Gasteiger partial charge in [0.2, 0.25) is 0 Å². The van der Waals surface area contributed by atoms with Gasteiger partial charge in [0.1, 0.15) is 5.71 Å². The molecule has 2 N–H and O–H groups in total. The van der Waals surface area contributed by atoms with Crippen molar-refractivity contribution in [3.8, 4) is 0 Å². The third-order valence-electron chi connectivity index (χ3n) is 3.24. The Bertz CT molecular complexity index is 609. The molecule has 0 saturated carbocycles. The third-order valence-corrected chi connectivity index (χ3v) is 3.24. The second-order valence-electron chi connectivity index (χ2n) is 4.81. The van der Waals surface area contributed by atoms with Crippen molar-refractivity contribution in [1.29, 1.82) is 0 Å². The predicted molar refractivity (Wildman–Crippen MR) is 82.4 cm³/mol. The molecule has 0 aromatic heterocycles. The molecule has 4 heteroatoms. The summed E-state index contributed by atoms with van der Waals surface area (Å²) < 4.78 is 0. The molecule has 0 aliphatic heterocycles. The number of nitrogens with zero attached hydrogens (tertiary/aromatic N) is 1. The maximum absolute atomic E-state index is 12.2. The number of hydrogen-bond donors (Lipinski definition) is 2. The smallest absolute Gasteiger partial charge is 0.269 e. The van der Waals surface area contributed by atoms with Gasteiger partial charge < -0.3 is 10.5 Å². The Morgan fingerprint density at radius 2 is 1.67 bits per heavy atom. The lowest BCUT2D eigenvalue weighted by atomic mass is 10.1. The van der Waals surface area contributed by atoms with Crippen LogP contribution in [-0.4, -0.2) is 16.8 Å². The van der Waals surface area contributed by atoms with Crippen molar-refractivity contribution >= 4 is 11.6 Å². The van der Waals surface area contributed by atoms with Crippen molar-refractivity contribution < 1.29 is 10.0 Å². The number of benzene rings is 2. The first-order valence-corrected chi connectivity index (χ1v) is 6.81. The first-order chi connectivity index (χ1) is 10.2. The van der Waals surface area contributed by atoms with E-state index in [-0.39, 0.29) is 17.7 Å². The molecule has 0 aliphatic rings. The minimum Gasteiger partial charge on any atom is -0.410 e. The van der Waals surface area contributed by atoms with Gasteiger partial charge in [-0.2, -0.15) is 0 Å². The molecular weight excluding hydrogens is 264 g/mol. The van der Waals surface area contributed by atoms with Gasteiger partial charge in [-0.3, -0.25) is 4.79 Å². The number of carbonyl (C=O) groups excluding carboxylic acids is 1. The summed E-state index contributed by atoms with van der Waals surface area (Å²) in [6.45, 7) is 1.89. The molecule has 2 rings (SSSR count). The summed E-state index contributed by atoms with van der Waals surface area (Å²) >= 11 is 0. The van der Waals surface area contributed by atoms with E-state index in [1.54, 1.807) is 0 Å². The fourth-order valence-corrected chi connectivity index (χ4v) is 2.06. The molecule has 1 atom stereocenters. The van der Waals surface area contributed by atoms with E-state index in [9.17, 15) is 4.79 Å². The summed E-state index contributed by atoms with van der Waals surface area (Å²) in [5, 5.41) is 15.0. The molecule has 4 nitrogen and oxygen atoms in total. The predicted octanol–water partition coefficient (Wildman–Crippen LogP) is 2.94. The third kappa shape index (κ3) is 4.18. The Kier molecular flexibility index (Phi) is 5.10. The van der Waals surface area contributed by atoms with Gasteiger partial charge in [-0.1, -0.05) is 65.8 Å². The molecule has 0 aliphatic carbocycles. The minimum absolute atomic E-state index is 0.101. The number of carbonyl (C=O) groups is 1. The Hall–Kier alpha value is -2.62. The van der Waals surface area contributed by atoms with Gasteiger partial charge in [-0.25, -0.2) is 0 Å². The van der Waals surface area contributed by atoms with E-state index in [0.717, 1.165) is 11.1 Å². The summed E-state index contributed by atoms with van der Waals surface area (Å²) in [5.74, 6) is -0.363. The van der Waals surface area contributed by atoms with Crippen molar-refractivity contribution in [3.63, 3.8) is 0 Å². The van der Waals surface area contributed by atoms with E-state index in [1.807, 2.05) is 67.6 Å². The second-order valence-corrected chi connectivity index (χ2v) is 4.81. The topological polar surface area (TPSA) is 61.7 Å². The van der Waals surface area contributed by atoms with Crippen LogP contribution in [0, 0.1) is 0 Å². The molecule has 0 heterocycles. The van der Waals surface area contributed by atoms with Crippen LogP contribution >= 0.6 is 0 Å². The molecule has 0 saturated heterocycles. The highest BCUT2D eigenvalue weighted by molar-refractivity contribution is 6.39. The van der Waals surface area contributed by atoms with Crippen LogP contribution < -0.4 is 5.32 Å². The van der Waals surface area contributed by atoms with Crippen LogP contribution in [0.1, 0.15) is 24.1 Å². The standard InChI is InChI=1S/C17H18N2O2/c1-13(15-10-6-3-7-11-15)18-17(20)16(19-21)12-14-8-4-2-5-9-14/h2-11,13,21H,12H2,1H3,(H,18,20)/b19-16+/t13-/m1/s1. The van der Waals surface area contributed by atoms with Gasteiger partial charge in [0.25, 0.3) is 5.91 Å². The zero-order valence-electron chi connectivity index (χ0n) is 11.9. The van der Waals surface area contributed by atoms with Crippen LogP contribution in [0.2, 0.25) is 0 Å². The van der Waals surface area contributed by atoms with Crippen molar-refractivity contribution in [1.82, 2.24) is 5.32 Å². The van der Waals surface area contributed by atoms with E-state index < -0.39 is 0 Å². The number of hydrogen-bond acceptors (Lipinski definition) is 3. The van der Waals surface area contributed by atoms with Crippen molar-refractivity contribution in [2.24, 2.45) is 5.16 Å². The van der Waals surface area contributed by atoms with Gasteiger partial charge in [0.15, 0.2) is 0 Å². The largest absolute Gasteiger partial charge is 0.410 e. The van der Waals surface area contributed by atoms with Crippen LogP contribution in [0.5, 0.6) is 0 Å². The van der Waals surface area contributed by atoms with Gasteiger partial charge in [0, 0.05) is 6.42 Å². The summed E-state index contributed by atoms with van der Waals surface area (Å²) in [5.41, 5.74) is 2.03. The molecule has 0 spiro atoms. The average molecular weight is 282 g/mol. The SMILES string of the molecule is C[C@@H](NC(=O)/C(Cc1ccccc1)=N/O)c1ccccc1. The summed E-state index contributed by atoms with van der Waals surface area (Å²) in [7, 11) is 0. The van der Waals surface area contributed by atoms with Gasteiger partial charge in [-0.05, 0) is 18.1 Å². The maximum atomic E-state index is 12.2. The van der Waals surface area contributed by atoms with Crippen LogP contribution in [0.15, 0.2) is 65.8 Å². The van der Waals surface area contributed by atoms with Gasteiger partial charge >= 0.3 is 0 Å². The molecule has 0 fully saturated rings. The highest BCUT2D eigenvalue weighted by Gasteiger charge is 2.16. The molecule has 2 aromatic rings. The van der Waals surface area contributed by atoms with Crippen LogP contribution in [0.25, 0.3) is 0 Å². The van der Waals surface area contributed by atoms with Gasteiger partial charge in [-0.15, -0.1) is 0 Å². The Balaban J connectivity index is 2.01. The van der Waals surface area contributed by atoms with E-state index in [1.165, 1.54) is 0 Å². The van der Waals surface area contributed by atoms with E-state index in [4.69, 9.17) is 5.21 Å². The lowest BCUT2D eigenvalue weighted by molar-refractivity contribution is -0.115. The normalized spacial score (nSPS) is 12.7. The highest BCUT2D eigenvalue weighted by atomic mass is 16.4. The molecule has 0 bridgehead atoms. The van der Waals surface area contributed by atoms with E-state index in [2.05, 4.69) is 10.5 Å². The zero-order chi connectivity index (χ0) is 15.1. The molecule has 21 heavy (non-hydrogen) atoms. The zero-order valence-corrected chi connectivity index (χ0v) is 11.9. The molecular formula is C17H18N2O2. The minimum atomic E-state index is -0.363. The van der Waals surface area contributed by atoms with Gasteiger partial charge in [0.05, 0.1) is 6.04 Å². The molecule has 0 radical (unpaired) electrons. The Labute approximate surface area is 124 Å². The fourth-order valence-electron chi connectivity index (χ4n) is 2.06. The quantitative estimate of drug-likeness (QED) is 0.503. The molecule has 0 unspecified atom stereocenters. The Morgan fingerprint density at radius 3 is 2.24 bits per heavy atom.